The Morgan fingerprint density at radius 3 is 2.44 bits per heavy atom. The quantitative estimate of drug-likeness (QED) is 0.533. The van der Waals surface area contributed by atoms with Crippen LogP contribution in [-0.4, -0.2) is 42.1 Å². The number of rotatable bonds is 8. The zero-order valence-corrected chi connectivity index (χ0v) is 18.3. The summed E-state index contributed by atoms with van der Waals surface area (Å²) in [5, 5.41) is 2.87. The minimum absolute atomic E-state index is 0.160. The molecule has 1 aliphatic rings. The summed E-state index contributed by atoms with van der Waals surface area (Å²) in [6, 6.07) is 18.5. The van der Waals surface area contributed by atoms with Gasteiger partial charge in [-0.25, -0.2) is 4.98 Å². The molecule has 3 aromatic rings. The van der Waals surface area contributed by atoms with Gasteiger partial charge in [0.1, 0.15) is 29.7 Å². The highest BCUT2D eigenvalue weighted by Crippen LogP contribution is 2.22. The van der Waals surface area contributed by atoms with Gasteiger partial charge in [-0.3, -0.25) is 4.79 Å². The first-order valence-electron chi connectivity index (χ1n) is 11.0. The molecule has 0 radical (unpaired) electrons. The Labute approximate surface area is 188 Å². The predicted octanol–water partition coefficient (Wildman–Crippen LogP) is 4.38. The smallest absolute Gasteiger partial charge is 0.251 e. The Balaban J connectivity index is 1.25. The zero-order chi connectivity index (χ0) is 22.2. The molecule has 4 rings (SSSR count). The van der Waals surface area contributed by atoms with Gasteiger partial charge in [-0.2, -0.15) is 4.98 Å². The number of benzene rings is 2. The molecule has 1 aromatic heterocycles. The third kappa shape index (κ3) is 5.97. The molecule has 0 spiro atoms. The van der Waals surface area contributed by atoms with Crippen molar-refractivity contribution in [1.82, 2.24) is 15.3 Å². The highest BCUT2D eigenvalue weighted by molar-refractivity contribution is 5.94. The third-order valence-electron chi connectivity index (χ3n) is 5.21. The molecule has 2 heterocycles. The minimum atomic E-state index is -0.160. The first-order valence-corrected chi connectivity index (χ1v) is 11.0. The van der Waals surface area contributed by atoms with Crippen LogP contribution in [0.4, 0.5) is 5.82 Å². The average molecular weight is 433 g/mol. The molecule has 2 aromatic carbocycles. The summed E-state index contributed by atoms with van der Waals surface area (Å²) in [6.45, 7) is 4.61. The number of ether oxygens (including phenoxy) is 2. The van der Waals surface area contributed by atoms with Gasteiger partial charge in [-0.05, 0) is 62.6 Å². The lowest BCUT2D eigenvalue weighted by Crippen LogP contribution is -2.30. The van der Waals surface area contributed by atoms with E-state index in [1.165, 1.54) is 19.3 Å². The summed E-state index contributed by atoms with van der Waals surface area (Å²) in [4.78, 5) is 23.6. The number of para-hydroxylation sites is 1. The molecular weight excluding hydrogens is 404 g/mol. The fourth-order valence-electron chi connectivity index (χ4n) is 3.61. The number of nitrogens with zero attached hydrogens (tertiary/aromatic N) is 3. The van der Waals surface area contributed by atoms with E-state index in [4.69, 9.17) is 9.47 Å². The molecule has 7 nitrogen and oxygen atoms in total. The van der Waals surface area contributed by atoms with Crippen LogP contribution in [0.15, 0.2) is 60.7 Å². The second-order valence-electron chi connectivity index (χ2n) is 7.70. The van der Waals surface area contributed by atoms with Crippen molar-refractivity contribution in [3.63, 3.8) is 0 Å². The number of aryl methyl sites for hydroxylation is 1. The van der Waals surface area contributed by atoms with Crippen LogP contribution in [0.1, 0.15) is 35.4 Å². The minimum Gasteiger partial charge on any atom is -0.476 e. The monoisotopic (exact) mass is 432 g/mol. The number of nitrogens with one attached hydrogen (secondary N) is 1. The second kappa shape index (κ2) is 10.6. The number of amides is 1. The van der Waals surface area contributed by atoms with Gasteiger partial charge in [0, 0.05) is 24.7 Å². The summed E-state index contributed by atoms with van der Waals surface area (Å²) >= 11 is 0. The molecule has 0 aliphatic carbocycles. The molecule has 0 bridgehead atoms. The van der Waals surface area contributed by atoms with Crippen LogP contribution in [0.2, 0.25) is 0 Å². The molecular formula is C25H28N4O3. The van der Waals surface area contributed by atoms with E-state index in [-0.39, 0.29) is 5.91 Å². The highest BCUT2D eigenvalue weighted by atomic mass is 16.5. The van der Waals surface area contributed by atoms with Crippen LogP contribution in [0.3, 0.4) is 0 Å². The van der Waals surface area contributed by atoms with Gasteiger partial charge in [0.25, 0.3) is 5.91 Å². The summed E-state index contributed by atoms with van der Waals surface area (Å²) in [5.74, 6) is 3.41. The Hall–Kier alpha value is -3.61. The number of carbonyl (C=O) groups is 1. The number of carbonyl (C=O) groups excluding carboxylic acids is 1. The van der Waals surface area contributed by atoms with Gasteiger partial charge in [0.05, 0.1) is 6.54 Å². The van der Waals surface area contributed by atoms with Crippen LogP contribution in [0, 0.1) is 6.92 Å². The van der Waals surface area contributed by atoms with E-state index < -0.39 is 0 Å². The Bertz CT molecular complexity index is 1020. The van der Waals surface area contributed by atoms with Crippen LogP contribution in [0.25, 0.3) is 0 Å². The van der Waals surface area contributed by atoms with Gasteiger partial charge >= 0.3 is 0 Å². The molecule has 1 fully saturated rings. The number of piperidine rings is 1. The van der Waals surface area contributed by atoms with Crippen molar-refractivity contribution in [2.75, 3.05) is 31.1 Å². The van der Waals surface area contributed by atoms with Crippen molar-refractivity contribution in [2.24, 2.45) is 0 Å². The lowest BCUT2D eigenvalue weighted by molar-refractivity contribution is 0.0946. The highest BCUT2D eigenvalue weighted by Gasteiger charge is 2.14. The molecule has 1 saturated heterocycles. The van der Waals surface area contributed by atoms with Crippen molar-refractivity contribution in [3.8, 4) is 17.4 Å². The van der Waals surface area contributed by atoms with Crippen molar-refractivity contribution in [2.45, 2.75) is 26.2 Å². The lowest BCUT2D eigenvalue weighted by atomic mass is 10.1. The fraction of sp³-hybridized carbons (Fsp3) is 0.320. The number of hydrogen-bond acceptors (Lipinski definition) is 6. The maximum Gasteiger partial charge on any atom is 0.251 e. The standard InChI is InChI=1S/C25H28N4O3/c1-19-27-23(29-15-6-3-7-16-29)18-24(28-19)31-17-14-26-25(30)20-10-12-22(13-11-20)32-21-8-4-2-5-9-21/h2,4-5,8-13,18H,3,6-7,14-17H2,1H3,(H,26,30). The summed E-state index contributed by atoms with van der Waals surface area (Å²) in [7, 11) is 0. The Morgan fingerprint density at radius 1 is 0.969 bits per heavy atom. The van der Waals surface area contributed by atoms with E-state index in [1.54, 1.807) is 24.3 Å². The maximum atomic E-state index is 12.4. The SMILES string of the molecule is Cc1nc(OCCNC(=O)c2ccc(Oc3ccccc3)cc2)cc(N2CCCCC2)n1. The maximum absolute atomic E-state index is 12.4. The van der Waals surface area contributed by atoms with E-state index in [0.717, 1.165) is 24.7 Å². The van der Waals surface area contributed by atoms with E-state index in [9.17, 15) is 4.79 Å². The lowest BCUT2D eigenvalue weighted by Gasteiger charge is -2.28. The Kier molecular flexibility index (Phi) is 7.17. The molecule has 32 heavy (non-hydrogen) atoms. The summed E-state index contributed by atoms with van der Waals surface area (Å²) < 4.78 is 11.5. The van der Waals surface area contributed by atoms with Crippen molar-refractivity contribution in [3.05, 3.63) is 72.1 Å². The average Bonchev–Trinajstić information content (AvgIpc) is 2.83. The van der Waals surface area contributed by atoms with Crippen LogP contribution in [-0.2, 0) is 0 Å². The number of hydrogen-bond donors (Lipinski definition) is 1. The van der Waals surface area contributed by atoms with Crippen LogP contribution < -0.4 is 19.7 Å². The van der Waals surface area contributed by atoms with E-state index in [1.807, 2.05) is 43.3 Å². The molecule has 0 atom stereocenters. The fourth-order valence-corrected chi connectivity index (χ4v) is 3.61. The molecule has 1 aliphatic heterocycles. The van der Waals surface area contributed by atoms with Gasteiger partial charge in [0.15, 0.2) is 0 Å². The molecule has 0 unspecified atom stereocenters. The van der Waals surface area contributed by atoms with Crippen molar-refractivity contribution in [1.29, 1.82) is 0 Å². The van der Waals surface area contributed by atoms with Gasteiger partial charge < -0.3 is 19.7 Å². The Morgan fingerprint density at radius 2 is 1.69 bits per heavy atom. The third-order valence-corrected chi connectivity index (χ3v) is 5.21. The normalized spacial score (nSPS) is 13.5. The first-order chi connectivity index (χ1) is 15.7. The van der Waals surface area contributed by atoms with E-state index in [0.29, 0.717) is 36.2 Å². The van der Waals surface area contributed by atoms with Crippen molar-refractivity contribution < 1.29 is 14.3 Å². The largest absolute Gasteiger partial charge is 0.476 e. The molecule has 1 amide bonds. The zero-order valence-electron chi connectivity index (χ0n) is 18.3. The molecule has 1 N–H and O–H groups in total. The van der Waals surface area contributed by atoms with Crippen LogP contribution in [0.5, 0.6) is 17.4 Å². The number of aromatic nitrogens is 2. The second-order valence-corrected chi connectivity index (χ2v) is 7.70. The first kappa shape index (κ1) is 21.6. The van der Waals surface area contributed by atoms with Gasteiger partial charge in [-0.15, -0.1) is 0 Å². The van der Waals surface area contributed by atoms with Crippen molar-refractivity contribution >= 4 is 11.7 Å². The number of anilines is 1. The van der Waals surface area contributed by atoms with E-state index >= 15 is 0 Å². The van der Waals surface area contributed by atoms with Crippen LogP contribution >= 0.6 is 0 Å². The van der Waals surface area contributed by atoms with E-state index in [2.05, 4.69) is 20.2 Å². The molecule has 7 heteroatoms. The summed E-state index contributed by atoms with van der Waals surface area (Å²) in [5.41, 5.74) is 0.565. The molecule has 0 saturated carbocycles. The van der Waals surface area contributed by atoms with Gasteiger partial charge in [0.2, 0.25) is 5.88 Å². The predicted molar refractivity (Wildman–Crippen MR) is 124 cm³/mol. The molecule has 166 valence electrons. The van der Waals surface area contributed by atoms with Gasteiger partial charge in [-0.1, -0.05) is 18.2 Å². The topological polar surface area (TPSA) is 76.6 Å². The summed E-state index contributed by atoms with van der Waals surface area (Å²) in [6.07, 6.45) is 3.64.